The van der Waals surface area contributed by atoms with E-state index in [1.807, 2.05) is 0 Å². The molecule has 0 bridgehead atoms. The molecule has 80 heavy (non-hydrogen) atoms. The Bertz CT molecular complexity index is 1160. The topological polar surface area (TPSA) is 50.3 Å². The Morgan fingerprint density at radius 2 is 0.362 bits per heavy atom. The number of hydrogen-bond donors (Lipinski definition) is 0. The van der Waals surface area contributed by atoms with Crippen LogP contribution in [0.3, 0.4) is 0 Å². The van der Waals surface area contributed by atoms with Crippen LogP contribution < -0.4 is 0 Å². The fraction of sp³-hybridized carbons (Fsp3) is 0.973. The molecule has 1 rings (SSSR count). The first kappa shape index (κ1) is 78.8. The Morgan fingerprint density at radius 3 is 0.562 bits per heavy atom. The van der Waals surface area contributed by atoms with Crippen molar-refractivity contribution in [3.63, 3.8) is 0 Å². The highest BCUT2D eigenvalue weighted by molar-refractivity contribution is 5.80. The molecule has 1 aliphatic rings. The van der Waals surface area contributed by atoms with Gasteiger partial charge in [0.25, 0.3) is 0 Å². The standard InChI is InChI=1S/C61H123N5O2.C12H26/c1-6-11-16-21-26-28-30-35-37-42-47-62(48-43-38-36-31-29-27-22-17-12-7-2)52-53-64(51-46-41-34-25-20-15-10-5)59-61(68)66-56-54-65(55-57-66)60(67)58-63(49-44-39-32-23-18-13-8-3)50-45-40-33-24-19-14-9-4;1-3-5-7-9-11-12-10-8-6-4-2/h6-59H2,1-5H3;3-12H2,1-2H3. The maximum absolute atomic E-state index is 14.1. The molecule has 0 aliphatic carbocycles. The number of carbonyl (C=O) groups is 2. The van der Waals surface area contributed by atoms with Crippen LogP contribution in [-0.2, 0) is 9.59 Å². The molecule has 0 unspecified atom stereocenters. The lowest BCUT2D eigenvalue weighted by Gasteiger charge is -2.37. The Hall–Kier alpha value is -1.18. The Kier molecular flexibility index (Phi) is 64.4. The van der Waals surface area contributed by atoms with Crippen molar-refractivity contribution in [2.24, 2.45) is 0 Å². The van der Waals surface area contributed by atoms with Gasteiger partial charge >= 0.3 is 0 Å². The molecule has 0 aromatic carbocycles. The number of carbonyl (C=O) groups excluding carboxylic acids is 2. The lowest BCUT2D eigenvalue weighted by molar-refractivity contribution is -0.140. The molecule has 7 heteroatoms. The van der Waals surface area contributed by atoms with Crippen LogP contribution in [0, 0.1) is 0 Å². The van der Waals surface area contributed by atoms with Gasteiger partial charge in [-0.05, 0) is 64.8 Å². The maximum Gasteiger partial charge on any atom is 0.236 e. The molecular weight excluding hydrogens is 979 g/mol. The van der Waals surface area contributed by atoms with Gasteiger partial charge in [0.2, 0.25) is 11.8 Å². The lowest BCUT2D eigenvalue weighted by Crippen LogP contribution is -2.54. The number of unbranched alkanes of at least 4 members (excludes halogenated alkanes) is 45. The van der Waals surface area contributed by atoms with E-state index in [1.165, 1.54) is 341 Å². The van der Waals surface area contributed by atoms with Gasteiger partial charge < -0.3 is 14.7 Å². The van der Waals surface area contributed by atoms with Crippen molar-refractivity contribution in [3.8, 4) is 0 Å². The maximum atomic E-state index is 14.1. The highest BCUT2D eigenvalue weighted by Crippen LogP contribution is 2.17. The minimum Gasteiger partial charge on any atom is -0.338 e. The molecule has 0 atom stereocenters. The third-order valence-electron chi connectivity index (χ3n) is 17.8. The van der Waals surface area contributed by atoms with Crippen molar-refractivity contribution in [3.05, 3.63) is 0 Å². The van der Waals surface area contributed by atoms with Crippen LogP contribution >= 0.6 is 0 Å². The molecule has 1 fully saturated rings. The average molecular weight is 1130 g/mol. The van der Waals surface area contributed by atoms with Gasteiger partial charge in [-0.2, -0.15) is 0 Å². The molecule has 0 spiro atoms. The highest BCUT2D eigenvalue weighted by Gasteiger charge is 2.26. The van der Waals surface area contributed by atoms with Gasteiger partial charge in [0.05, 0.1) is 13.1 Å². The molecule has 478 valence electrons. The van der Waals surface area contributed by atoms with E-state index >= 15 is 0 Å². The summed E-state index contributed by atoms with van der Waals surface area (Å²) < 4.78 is 0. The second-order valence-electron chi connectivity index (χ2n) is 25.7. The van der Waals surface area contributed by atoms with E-state index in [1.54, 1.807) is 0 Å². The highest BCUT2D eigenvalue weighted by atomic mass is 16.2. The molecule has 0 aromatic heterocycles. The first-order valence-electron chi connectivity index (χ1n) is 37.1. The zero-order valence-electron chi connectivity index (χ0n) is 56.3. The average Bonchev–Trinajstić information content (AvgIpc) is 3.47. The van der Waals surface area contributed by atoms with Gasteiger partial charge in [0.1, 0.15) is 0 Å². The molecule has 1 heterocycles. The van der Waals surface area contributed by atoms with Crippen molar-refractivity contribution in [2.45, 2.75) is 376 Å². The van der Waals surface area contributed by atoms with E-state index in [9.17, 15) is 9.59 Å². The number of amides is 2. The van der Waals surface area contributed by atoms with Crippen LogP contribution in [0.4, 0.5) is 0 Å². The van der Waals surface area contributed by atoms with Crippen LogP contribution in [0.1, 0.15) is 376 Å². The molecule has 0 saturated carbocycles. The van der Waals surface area contributed by atoms with Crippen molar-refractivity contribution >= 4 is 11.8 Å². The van der Waals surface area contributed by atoms with Crippen LogP contribution in [0.5, 0.6) is 0 Å². The van der Waals surface area contributed by atoms with Crippen molar-refractivity contribution in [1.82, 2.24) is 24.5 Å². The molecule has 1 aliphatic heterocycles. The first-order valence-corrected chi connectivity index (χ1v) is 37.1. The summed E-state index contributed by atoms with van der Waals surface area (Å²) in [6.45, 7) is 27.4. The first-order chi connectivity index (χ1) is 39.4. The Balaban J connectivity index is 0.00000460. The lowest BCUT2D eigenvalue weighted by atomic mass is 10.1. The fourth-order valence-electron chi connectivity index (χ4n) is 12.0. The smallest absolute Gasteiger partial charge is 0.236 e. The van der Waals surface area contributed by atoms with E-state index in [0.717, 1.165) is 32.7 Å². The summed E-state index contributed by atoms with van der Waals surface area (Å²) in [5.74, 6) is 0.545. The third kappa shape index (κ3) is 54.7. The van der Waals surface area contributed by atoms with Gasteiger partial charge in [-0.1, -0.05) is 344 Å². The predicted molar refractivity (Wildman–Crippen MR) is 358 cm³/mol. The second-order valence-corrected chi connectivity index (χ2v) is 25.7. The zero-order chi connectivity index (χ0) is 58.3. The van der Waals surface area contributed by atoms with Crippen molar-refractivity contribution < 1.29 is 9.59 Å². The summed E-state index contributed by atoms with van der Waals surface area (Å²) in [4.78, 5) is 39.8. The number of hydrogen-bond acceptors (Lipinski definition) is 5. The molecule has 7 nitrogen and oxygen atoms in total. The minimum atomic E-state index is 0.272. The minimum absolute atomic E-state index is 0.272. The van der Waals surface area contributed by atoms with E-state index in [2.05, 4.69) is 73.0 Å². The van der Waals surface area contributed by atoms with E-state index < -0.39 is 0 Å². The van der Waals surface area contributed by atoms with Gasteiger partial charge in [0, 0.05) is 39.3 Å². The fourth-order valence-corrected chi connectivity index (χ4v) is 12.0. The Morgan fingerprint density at radius 1 is 0.212 bits per heavy atom. The molecule has 0 aromatic rings. The molecule has 0 N–H and O–H groups in total. The number of rotatable bonds is 62. The monoisotopic (exact) mass is 1130 g/mol. The molecule has 2 amide bonds. The summed E-state index contributed by atoms with van der Waals surface area (Å²) >= 11 is 0. The second kappa shape index (κ2) is 65.4. The number of piperazine rings is 1. The van der Waals surface area contributed by atoms with Gasteiger partial charge in [0.15, 0.2) is 0 Å². The summed E-state index contributed by atoms with van der Waals surface area (Å²) in [7, 11) is 0. The zero-order valence-corrected chi connectivity index (χ0v) is 56.3. The molecule has 1 saturated heterocycles. The van der Waals surface area contributed by atoms with Crippen LogP contribution in [0.2, 0.25) is 0 Å². The van der Waals surface area contributed by atoms with Gasteiger partial charge in [-0.15, -0.1) is 0 Å². The van der Waals surface area contributed by atoms with E-state index in [0.29, 0.717) is 39.3 Å². The molecular formula is C73H149N5O2. The summed E-state index contributed by atoms with van der Waals surface area (Å²) in [5, 5.41) is 0. The van der Waals surface area contributed by atoms with Gasteiger partial charge in [-0.3, -0.25) is 19.4 Å². The summed E-state index contributed by atoms with van der Waals surface area (Å²) in [6.07, 6.45) is 69.6. The number of nitrogens with zero attached hydrogens (tertiary/aromatic N) is 5. The van der Waals surface area contributed by atoms with Gasteiger partial charge in [-0.25, -0.2) is 0 Å². The third-order valence-corrected chi connectivity index (χ3v) is 17.8. The SMILES string of the molecule is CCCCCCCCCCCC.CCCCCCCCCCCCN(CCCCCCCCCCCC)CCN(CCCCCCCCC)CC(=O)N1CCN(C(=O)CN(CCCCCCCCC)CCCCCCCCC)CC1. The van der Waals surface area contributed by atoms with Crippen LogP contribution in [0.15, 0.2) is 0 Å². The van der Waals surface area contributed by atoms with Crippen LogP contribution in [0.25, 0.3) is 0 Å². The quantitative estimate of drug-likeness (QED) is 0.0568. The van der Waals surface area contributed by atoms with Crippen molar-refractivity contribution in [2.75, 3.05) is 85.1 Å². The van der Waals surface area contributed by atoms with E-state index in [4.69, 9.17) is 0 Å². The predicted octanol–water partition coefficient (Wildman–Crippen LogP) is 21.6. The van der Waals surface area contributed by atoms with E-state index in [-0.39, 0.29) is 11.8 Å². The van der Waals surface area contributed by atoms with Crippen molar-refractivity contribution in [1.29, 1.82) is 0 Å². The summed E-state index contributed by atoms with van der Waals surface area (Å²) in [6, 6.07) is 0. The summed E-state index contributed by atoms with van der Waals surface area (Å²) in [5.41, 5.74) is 0. The van der Waals surface area contributed by atoms with Crippen LogP contribution in [-0.4, -0.2) is 121 Å². The molecule has 0 radical (unpaired) electrons. The largest absolute Gasteiger partial charge is 0.338 e. The normalized spacial score (nSPS) is 12.9. The Labute approximate surface area is 504 Å².